The highest BCUT2D eigenvalue weighted by molar-refractivity contribution is 5.45. The van der Waals surface area contributed by atoms with Crippen molar-refractivity contribution in [2.45, 2.75) is 18.8 Å². The summed E-state index contributed by atoms with van der Waals surface area (Å²) in [6.45, 7) is 0. The quantitative estimate of drug-likeness (QED) is 0.823. The molecule has 1 unspecified atom stereocenters. The van der Waals surface area contributed by atoms with Crippen molar-refractivity contribution in [2.24, 2.45) is 0 Å². The minimum Gasteiger partial charge on any atom is -0.512 e. The zero-order valence-electron chi connectivity index (χ0n) is 9.87. The number of hydrogen-bond acceptors (Lipinski definition) is 3. The summed E-state index contributed by atoms with van der Waals surface area (Å²) in [6, 6.07) is 3.44. The lowest BCUT2D eigenvalue weighted by Crippen LogP contribution is -2.01. The zero-order chi connectivity index (χ0) is 12.4. The van der Waals surface area contributed by atoms with Gasteiger partial charge in [0.25, 0.3) is 0 Å². The standard InChI is InChI=1S/C13H15FO3/c1-16-11-6-5-8-9(12(7-15)17-2)3-4-10(8)13(11)14/h5-7,9,15H,3-4H2,1-2H3/b12-7-. The number of fused-ring (bicyclic) bond motifs is 1. The number of ether oxygens (including phenoxy) is 2. The number of hydrogen-bond donors (Lipinski definition) is 1. The Morgan fingerprint density at radius 2 is 2.24 bits per heavy atom. The van der Waals surface area contributed by atoms with Gasteiger partial charge in [-0.2, -0.15) is 0 Å². The number of allylic oxidation sites excluding steroid dienone is 1. The van der Waals surface area contributed by atoms with Gasteiger partial charge in [-0.25, -0.2) is 4.39 Å². The molecule has 0 saturated carbocycles. The van der Waals surface area contributed by atoms with Gasteiger partial charge < -0.3 is 14.6 Å². The predicted octanol–water partition coefficient (Wildman–Crippen LogP) is 2.91. The van der Waals surface area contributed by atoms with E-state index in [0.717, 1.165) is 18.2 Å². The maximum absolute atomic E-state index is 14.0. The molecule has 2 rings (SSSR count). The van der Waals surface area contributed by atoms with Crippen LogP contribution in [0.5, 0.6) is 5.75 Å². The molecule has 0 spiro atoms. The minimum atomic E-state index is -0.305. The van der Waals surface area contributed by atoms with Crippen molar-refractivity contribution in [1.82, 2.24) is 0 Å². The number of rotatable bonds is 3. The van der Waals surface area contributed by atoms with Crippen LogP contribution in [0.3, 0.4) is 0 Å². The molecule has 0 aliphatic heterocycles. The molecule has 1 aromatic rings. The molecular weight excluding hydrogens is 223 g/mol. The first-order chi connectivity index (χ1) is 8.22. The van der Waals surface area contributed by atoms with Crippen molar-refractivity contribution >= 4 is 0 Å². The largest absolute Gasteiger partial charge is 0.512 e. The highest BCUT2D eigenvalue weighted by Gasteiger charge is 2.30. The van der Waals surface area contributed by atoms with Gasteiger partial charge in [0.15, 0.2) is 11.6 Å². The Kier molecular flexibility index (Phi) is 3.22. The van der Waals surface area contributed by atoms with Gasteiger partial charge in [0.1, 0.15) is 12.0 Å². The van der Waals surface area contributed by atoms with E-state index in [1.165, 1.54) is 14.2 Å². The van der Waals surface area contributed by atoms with Crippen molar-refractivity contribution in [2.75, 3.05) is 14.2 Å². The van der Waals surface area contributed by atoms with E-state index >= 15 is 0 Å². The second-order valence-corrected chi connectivity index (χ2v) is 3.98. The van der Waals surface area contributed by atoms with Gasteiger partial charge in [-0.3, -0.25) is 0 Å². The molecule has 92 valence electrons. The number of aliphatic hydroxyl groups is 1. The Morgan fingerprint density at radius 3 is 2.82 bits per heavy atom. The summed E-state index contributed by atoms with van der Waals surface area (Å²) in [5.41, 5.74) is 1.52. The van der Waals surface area contributed by atoms with E-state index in [-0.39, 0.29) is 17.5 Å². The molecule has 1 aromatic carbocycles. The second-order valence-electron chi connectivity index (χ2n) is 3.98. The van der Waals surface area contributed by atoms with Crippen molar-refractivity contribution in [3.05, 3.63) is 41.1 Å². The average molecular weight is 238 g/mol. The van der Waals surface area contributed by atoms with Gasteiger partial charge in [0.2, 0.25) is 0 Å². The Hall–Kier alpha value is -1.71. The molecule has 4 heteroatoms. The second kappa shape index (κ2) is 4.65. The molecule has 17 heavy (non-hydrogen) atoms. The van der Waals surface area contributed by atoms with Crippen LogP contribution in [0.15, 0.2) is 24.2 Å². The third-order valence-electron chi connectivity index (χ3n) is 3.23. The van der Waals surface area contributed by atoms with Gasteiger partial charge in [-0.1, -0.05) is 6.07 Å². The highest BCUT2D eigenvalue weighted by Crippen LogP contribution is 2.41. The SMILES string of the molecule is CO/C(=C\O)C1CCc2c1ccc(OC)c2F. The molecular formula is C13H15FO3. The molecule has 3 nitrogen and oxygen atoms in total. The Bertz CT molecular complexity index is 454. The van der Waals surface area contributed by atoms with Gasteiger partial charge in [0, 0.05) is 5.92 Å². The van der Waals surface area contributed by atoms with Gasteiger partial charge in [0.05, 0.1) is 14.2 Å². The van der Waals surface area contributed by atoms with E-state index in [1.54, 1.807) is 6.07 Å². The molecule has 0 radical (unpaired) electrons. The topological polar surface area (TPSA) is 38.7 Å². The van der Waals surface area contributed by atoms with E-state index in [2.05, 4.69) is 0 Å². The molecule has 1 atom stereocenters. The van der Waals surface area contributed by atoms with Crippen LogP contribution in [-0.2, 0) is 11.2 Å². The van der Waals surface area contributed by atoms with E-state index < -0.39 is 0 Å². The van der Waals surface area contributed by atoms with Crippen molar-refractivity contribution in [3.8, 4) is 5.75 Å². The fourth-order valence-corrected chi connectivity index (χ4v) is 2.38. The summed E-state index contributed by atoms with van der Waals surface area (Å²) in [4.78, 5) is 0. The summed E-state index contributed by atoms with van der Waals surface area (Å²) in [7, 11) is 2.95. The molecule has 0 fully saturated rings. The van der Waals surface area contributed by atoms with Crippen LogP contribution in [0.1, 0.15) is 23.5 Å². The summed E-state index contributed by atoms with van der Waals surface area (Å²) in [6.07, 6.45) is 2.31. The van der Waals surface area contributed by atoms with Gasteiger partial charge in [-0.05, 0) is 30.0 Å². The molecule has 1 aliphatic carbocycles. The maximum atomic E-state index is 14.0. The lowest BCUT2D eigenvalue weighted by Gasteiger charge is -2.14. The number of methoxy groups -OCH3 is 2. The highest BCUT2D eigenvalue weighted by atomic mass is 19.1. The van der Waals surface area contributed by atoms with Crippen molar-refractivity contribution in [3.63, 3.8) is 0 Å². The van der Waals surface area contributed by atoms with E-state index in [0.29, 0.717) is 17.7 Å². The van der Waals surface area contributed by atoms with E-state index in [9.17, 15) is 4.39 Å². The number of benzene rings is 1. The Balaban J connectivity index is 2.43. The first kappa shape index (κ1) is 11.8. The molecule has 0 aromatic heterocycles. The van der Waals surface area contributed by atoms with Crippen LogP contribution in [0.25, 0.3) is 0 Å². The molecule has 1 aliphatic rings. The first-order valence-corrected chi connectivity index (χ1v) is 5.46. The molecule has 0 heterocycles. The lowest BCUT2D eigenvalue weighted by molar-refractivity contribution is 0.244. The molecule has 0 saturated heterocycles. The Labute approximate surface area is 99.5 Å². The van der Waals surface area contributed by atoms with E-state index in [1.807, 2.05) is 6.07 Å². The molecule has 1 N–H and O–H groups in total. The lowest BCUT2D eigenvalue weighted by atomic mass is 9.99. The Morgan fingerprint density at radius 1 is 1.47 bits per heavy atom. The van der Waals surface area contributed by atoms with Crippen molar-refractivity contribution < 1.29 is 19.0 Å². The zero-order valence-corrected chi connectivity index (χ0v) is 9.87. The number of aliphatic hydroxyl groups excluding tert-OH is 1. The van der Waals surface area contributed by atoms with Crippen LogP contribution in [0.2, 0.25) is 0 Å². The third kappa shape index (κ3) is 1.84. The van der Waals surface area contributed by atoms with Crippen LogP contribution < -0.4 is 4.74 Å². The third-order valence-corrected chi connectivity index (χ3v) is 3.23. The van der Waals surface area contributed by atoms with Crippen LogP contribution in [0, 0.1) is 5.82 Å². The fraction of sp³-hybridized carbons (Fsp3) is 0.385. The van der Waals surface area contributed by atoms with E-state index in [4.69, 9.17) is 14.6 Å². The van der Waals surface area contributed by atoms with Crippen molar-refractivity contribution in [1.29, 1.82) is 0 Å². The van der Waals surface area contributed by atoms with Gasteiger partial charge >= 0.3 is 0 Å². The first-order valence-electron chi connectivity index (χ1n) is 5.46. The molecule has 0 bridgehead atoms. The normalized spacial score (nSPS) is 19.0. The fourth-order valence-electron chi connectivity index (χ4n) is 2.38. The maximum Gasteiger partial charge on any atom is 0.168 e. The summed E-state index contributed by atoms with van der Waals surface area (Å²) < 4.78 is 24.0. The minimum absolute atomic E-state index is 0.0691. The summed E-state index contributed by atoms with van der Waals surface area (Å²) >= 11 is 0. The summed E-state index contributed by atoms with van der Waals surface area (Å²) in [5, 5.41) is 9.08. The summed E-state index contributed by atoms with van der Waals surface area (Å²) in [5.74, 6) is 0.353. The van der Waals surface area contributed by atoms with Crippen LogP contribution in [-0.4, -0.2) is 19.3 Å². The predicted molar refractivity (Wildman–Crippen MR) is 61.7 cm³/mol. The average Bonchev–Trinajstić information content (AvgIpc) is 2.76. The van der Waals surface area contributed by atoms with Gasteiger partial charge in [-0.15, -0.1) is 0 Å². The van der Waals surface area contributed by atoms with Crippen LogP contribution >= 0.6 is 0 Å². The molecule has 0 amide bonds. The van der Waals surface area contributed by atoms with Crippen LogP contribution in [0.4, 0.5) is 4.39 Å². The monoisotopic (exact) mass is 238 g/mol. The smallest absolute Gasteiger partial charge is 0.168 e. The number of halogens is 1.